The van der Waals surface area contributed by atoms with Crippen molar-refractivity contribution in [3.05, 3.63) is 59.0 Å². The average molecular weight is 471 g/mol. The van der Waals surface area contributed by atoms with Crippen molar-refractivity contribution in [2.24, 2.45) is 5.92 Å². The van der Waals surface area contributed by atoms with Crippen LogP contribution in [0.5, 0.6) is 0 Å². The van der Waals surface area contributed by atoms with E-state index in [0.29, 0.717) is 25.0 Å². The molecule has 3 heterocycles. The summed E-state index contributed by atoms with van der Waals surface area (Å²) in [7, 11) is -3.70. The number of hydrazine groups is 1. The Morgan fingerprint density at radius 1 is 1.09 bits per heavy atom. The van der Waals surface area contributed by atoms with Crippen LogP contribution < -0.4 is 10.9 Å². The maximum absolute atomic E-state index is 13.0. The van der Waals surface area contributed by atoms with Crippen LogP contribution in [-0.4, -0.2) is 52.2 Å². The number of carbonyl (C=O) groups excluding carboxylic acids is 2. The van der Waals surface area contributed by atoms with Gasteiger partial charge in [0.05, 0.1) is 17.0 Å². The third kappa shape index (κ3) is 4.60. The molecule has 0 bridgehead atoms. The number of hydrogen-bond donors (Lipinski definition) is 2. The van der Waals surface area contributed by atoms with Crippen LogP contribution >= 0.6 is 0 Å². The topological polar surface area (TPSA) is 126 Å². The molecule has 1 aliphatic heterocycles. The maximum atomic E-state index is 13.0. The summed E-state index contributed by atoms with van der Waals surface area (Å²) < 4.78 is 28.8. The summed E-state index contributed by atoms with van der Waals surface area (Å²) in [4.78, 5) is 29.9. The van der Waals surface area contributed by atoms with Gasteiger partial charge in [0.15, 0.2) is 5.65 Å². The number of carbonyl (C=O) groups is 2. The van der Waals surface area contributed by atoms with E-state index in [1.165, 1.54) is 10.5 Å². The Kier molecular flexibility index (Phi) is 6.17. The van der Waals surface area contributed by atoms with Gasteiger partial charge in [-0.05, 0) is 51.8 Å². The number of nitrogens with zero attached hydrogens (tertiary/aromatic N) is 4. The Morgan fingerprint density at radius 3 is 2.55 bits per heavy atom. The van der Waals surface area contributed by atoms with Gasteiger partial charge in [-0.2, -0.15) is 9.40 Å². The fourth-order valence-corrected chi connectivity index (χ4v) is 5.48. The Labute approximate surface area is 192 Å². The van der Waals surface area contributed by atoms with Gasteiger partial charge >= 0.3 is 0 Å². The van der Waals surface area contributed by atoms with Crippen molar-refractivity contribution < 1.29 is 18.0 Å². The number of nitrogens with one attached hydrogen (secondary N) is 2. The predicted molar refractivity (Wildman–Crippen MR) is 121 cm³/mol. The number of rotatable bonds is 4. The van der Waals surface area contributed by atoms with E-state index in [4.69, 9.17) is 0 Å². The van der Waals surface area contributed by atoms with E-state index in [0.717, 1.165) is 17.0 Å². The summed E-state index contributed by atoms with van der Waals surface area (Å²) in [6.07, 6.45) is 2.47. The molecule has 4 rings (SSSR count). The van der Waals surface area contributed by atoms with E-state index in [1.54, 1.807) is 28.8 Å². The molecule has 174 valence electrons. The fourth-order valence-electron chi connectivity index (χ4n) is 3.95. The van der Waals surface area contributed by atoms with Crippen LogP contribution in [0.15, 0.2) is 41.4 Å². The number of aryl methyl sites for hydroxylation is 3. The summed E-state index contributed by atoms with van der Waals surface area (Å²) in [6, 6.07) is 8.48. The minimum atomic E-state index is -3.70. The second-order valence-electron chi connectivity index (χ2n) is 8.29. The summed E-state index contributed by atoms with van der Waals surface area (Å²) >= 11 is 0. The van der Waals surface area contributed by atoms with Gasteiger partial charge in [-0.1, -0.05) is 17.7 Å². The molecule has 1 atom stereocenters. The lowest BCUT2D eigenvalue weighted by Gasteiger charge is -2.31. The monoisotopic (exact) mass is 470 g/mol. The minimum absolute atomic E-state index is 0.0502. The first-order chi connectivity index (χ1) is 15.7. The molecule has 0 aliphatic carbocycles. The highest BCUT2D eigenvalue weighted by Crippen LogP contribution is 2.24. The van der Waals surface area contributed by atoms with E-state index in [2.05, 4.69) is 20.9 Å². The van der Waals surface area contributed by atoms with Gasteiger partial charge in [0, 0.05) is 24.5 Å². The fraction of sp³-hybridized carbons (Fsp3) is 0.364. The first kappa shape index (κ1) is 22.9. The molecule has 11 heteroatoms. The number of fused-ring (bicyclic) bond motifs is 1. The van der Waals surface area contributed by atoms with Gasteiger partial charge in [-0.25, -0.2) is 17.9 Å². The third-order valence-corrected chi connectivity index (χ3v) is 7.61. The van der Waals surface area contributed by atoms with Crippen molar-refractivity contribution in [3.8, 4) is 0 Å². The Hall–Kier alpha value is -3.31. The van der Waals surface area contributed by atoms with E-state index in [9.17, 15) is 18.0 Å². The molecule has 1 aliphatic rings. The van der Waals surface area contributed by atoms with Gasteiger partial charge in [-0.3, -0.25) is 20.4 Å². The minimum Gasteiger partial charge on any atom is -0.273 e. The van der Waals surface area contributed by atoms with E-state index in [-0.39, 0.29) is 17.0 Å². The highest BCUT2D eigenvalue weighted by molar-refractivity contribution is 7.89. The normalized spacial score (nSPS) is 17.1. The zero-order valence-corrected chi connectivity index (χ0v) is 19.5. The second-order valence-corrected chi connectivity index (χ2v) is 10.2. The predicted octanol–water partition coefficient (Wildman–Crippen LogP) is 1.52. The van der Waals surface area contributed by atoms with Gasteiger partial charge in [0.1, 0.15) is 5.56 Å². The van der Waals surface area contributed by atoms with Crippen molar-refractivity contribution in [2.45, 2.75) is 38.5 Å². The summed E-state index contributed by atoms with van der Waals surface area (Å²) in [5, 5.41) is 4.18. The third-order valence-electron chi connectivity index (χ3n) is 5.74. The highest BCUT2D eigenvalue weighted by Gasteiger charge is 2.33. The molecule has 1 fully saturated rings. The van der Waals surface area contributed by atoms with Crippen LogP contribution in [-0.2, 0) is 14.8 Å². The van der Waals surface area contributed by atoms with Crippen LogP contribution in [0, 0.1) is 26.7 Å². The SMILES string of the molecule is Cc1ccc(S(=O)(=O)N2CCCC(C(=O)NNC(=O)c3cnn4c(C)cc(C)nc34)C2)cc1. The van der Waals surface area contributed by atoms with Crippen molar-refractivity contribution >= 4 is 27.5 Å². The van der Waals surface area contributed by atoms with Crippen LogP contribution in [0.3, 0.4) is 0 Å². The van der Waals surface area contributed by atoms with Gasteiger partial charge in [-0.15, -0.1) is 0 Å². The Bertz CT molecular complexity index is 1320. The van der Waals surface area contributed by atoms with Crippen LogP contribution in [0.2, 0.25) is 0 Å². The number of piperidine rings is 1. The second kappa shape index (κ2) is 8.91. The van der Waals surface area contributed by atoms with Crippen LogP contribution in [0.4, 0.5) is 0 Å². The number of benzene rings is 1. The lowest BCUT2D eigenvalue weighted by molar-refractivity contribution is -0.126. The number of aromatic nitrogens is 3. The number of hydrogen-bond acceptors (Lipinski definition) is 6. The highest BCUT2D eigenvalue weighted by atomic mass is 32.2. The number of amides is 2. The van der Waals surface area contributed by atoms with E-state index >= 15 is 0 Å². The molecule has 2 aromatic heterocycles. The molecule has 0 radical (unpaired) electrons. The molecule has 1 unspecified atom stereocenters. The number of sulfonamides is 1. The van der Waals surface area contributed by atoms with Crippen molar-refractivity contribution in [2.75, 3.05) is 13.1 Å². The van der Waals surface area contributed by atoms with E-state index < -0.39 is 27.8 Å². The molecule has 33 heavy (non-hydrogen) atoms. The van der Waals surface area contributed by atoms with Gasteiger partial charge in [0.25, 0.3) is 5.91 Å². The van der Waals surface area contributed by atoms with Crippen LogP contribution in [0.25, 0.3) is 5.65 Å². The zero-order chi connectivity index (χ0) is 23.8. The molecule has 0 spiro atoms. The quantitative estimate of drug-likeness (QED) is 0.557. The molecule has 1 saturated heterocycles. The smallest absolute Gasteiger partial charge is 0.273 e. The van der Waals surface area contributed by atoms with Crippen molar-refractivity contribution in [1.29, 1.82) is 0 Å². The van der Waals surface area contributed by atoms with E-state index in [1.807, 2.05) is 26.8 Å². The molecular formula is C22H26N6O4S. The first-order valence-electron chi connectivity index (χ1n) is 10.7. The zero-order valence-electron chi connectivity index (χ0n) is 18.7. The molecule has 1 aromatic carbocycles. The molecule has 10 nitrogen and oxygen atoms in total. The summed E-state index contributed by atoms with van der Waals surface area (Å²) in [5.41, 5.74) is 8.00. The van der Waals surface area contributed by atoms with Crippen molar-refractivity contribution in [1.82, 2.24) is 29.8 Å². The summed E-state index contributed by atoms with van der Waals surface area (Å²) in [5.74, 6) is -1.56. The molecule has 2 N–H and O–H groups in total. The largest absolute Gasteiger partial charge is 0.275 e. The van der Waals surface area contributed by atoms with Crippen molar-refractivity contribution in [3.63, 3.8) is 0 Å². The van der Waals surface area contributed by atoms with Gasteiger partial charge < -0.3 is 0 Å². The lowest BCUT2D eigenvalue weighted by Crippen LogP contribution is -2.50. The molecular weight excluding hydrogens is 444 g/mol. The lowest BCUT2D eigenvalue weighted by atomic mass is 9.99. The average Bonchev–Trinajstić information content (AvgIpc) is 3.22. The summed E-state index contributed by atoms with van der Waals surface area (Å²) in [6.45, 7) is 5.96. The Morgan fingerprint density at radius 2 is 1.82 bits per heavy atom. The standard InChI is InChI=1S/C22H26N6O4S/c1-14-6-8-18(9-7-14)33(31,32)27-10-4-5-17(13-27)21(29)25-26-22(30)19-12-23-28-16(3)11-15(2)24-20(19)28/h6-9,11-12,17H,4-5,10,13H2,1-3H3,(H,25,29)(H,26,30). The van der Waals surface area contributed by atoms with Gasteiger partial charge in [0.2, 0.25) is 15.9 Å². The molecule has 3 aromatic rings. The Balaban J connectivity index is 1.42. The maximum Gasteiger partial charge on any atom is 0.275 e. The van der Waals surface area contributed by atoms with Crippen LogP contribution in [0.1, 0.15) is 40.2 Å². The first-order valence-corrected chi connectivity index (χ1v) is 12.1. The molecule has 0 saturated carbocycles. The molecule has 2 amide bonds.